The fourth-order valence-corrected chi connectivity index (χ4v) is 3.46. The second kappa shape index (κ2) is 9.89. The highest BCUT2D eigenvalue weighted by Gasteiger charge is 2.43. The molecule has 1 saturated carbocycles. The van der Waals surface area contributed by atoms with E-state index in [9.17, 15) is 14.7 Å². The molecule has 7 nitrogen and oxygen atoms in total. The molecule has 25 heavy (non-hydrogen) atoms. The van der Waals surface area contributed by atoms with E-state index in [1.807, 2.05) is 0 Å². The van der Waals surface area contributed by atoms with Gasteiger partial charge in [0.05, 0.1) is 18.6 Å². The SMILES string of the molecule is CCC(=O)OCC=C[C@H]1[C@H](CC(=O)O)[C@H](O)C[C@@H]1OC1CCCCO1. The number of carboxylic acid groups (broad SMARTS) is 1. The number of aliphatic hydroxyl groups excluding tert-OH is 1. The summed E-state index contributed by atoms with van der Waals surface area (Å²) in [4.78, 5) is 22.3. The van der Waals surface area contributed by atoms with Gasteiger partial charge in [0.25, 0.3) is 0 Å². The Morgan fingerprint density at radius 1 is 1.32 bits per heavy atom. The van der Waals surface area contributed by atoms with Gasteiger partial charge in [-0.15, -0.1) is 0 Å². The van der Waals surface area contributed by atoms with Gasteiger partial charge in [-0.05, 0) is 19.3 Å². The standard InChI is InChI=1S/C18H28O7/c1-2-17(22)23-9-5-6-12-13(10-16(20)21)14(19)11-15(12)25-18-7-3-4-8-24-18/h5-6,12-15,18-19H,2-4,7-11H2,1H3,(H,20,21)/t12-,13-,14+,15-,18?/m0/s1. The van der Waals surface area contributed by atoms with E-state index < -0.39 is 18.0 Å². The van der Waals surface area contributed by atoms with Gasteiger partial charge in [-0.25, -0.2) is 0 Å². The molecule has 7 heteroatoms. The predicted octanol–water partition coefficient (Wildman–Crippen LogP) is 1.88. The van der Waals surface area contributed by atoms with E-state index in [1.165, 1.54) is 0 Å². The summed E-state index contributed by atoms with van der Waals surface area (Å²) in [6, 6.07) is 0. The first kappa shape index (κ1) is 19.9. The second-order valence-corrected chi connectivity index (χ2v) is 6.58. The first-order valence-corrected chi connectivity index (χ1v) is 9.00. The van der Waals surface area contributed by atoms with E-state index >= 15 is 0 Å². The molecule has 1 aliphatic heterocycles. The van der Waals surface area contributed by atoms with Crippen LogP contribution in [0.3, 0.4) is 0 Å². The molecule has 2 aliphatic rings. The zero-order valence-electron chi connectivity index (χ0n) is 14.6. The highest BCUT2D eigenvalue weighted by Crippen LogP contribution is 2.39. The maximum atomic E-state index is 11.2. The summed E-state index contributed by atoms with van der Waals surface area (Å²) in [5.74, 6) is -1.92. The summed E-state index contributed by atoms with van der Waals surface area (Å²) in [6.45, 7) is 2.51. The average molecular weight is 356 g/mol. The van der Waals surface area contributed by atoms with Crippen LogP contribution in [0, 0.1) is 11.8 Å². The van der Waals surface area contributed by atoms with Gasteiger partial charge in [0, 0.05) is 31.3 Å². The van der Waals surface area contributed by atoms with Crippen LogP contribution >= 0.6 is 0 Å². The molecule has 1 saturated heterocycles. The summed E-state index contributed by atoms with van der Waals surface area (Å²) >= 11 is 0. The topological polar surface area (TPSA) is 102 Å². The molecule has 0 aromatic rings. The fraction of sp³-hybridized carbons (Fsp3) is 0.778. The van der Waals surface area contributed by atoms with Crippen LogP contribution in [0.2, 0.25) is 0 Å². The molecule has 142 valence electrons. The first-order valence-electron chi connectivity index (χ1n) is 9.00. The van der Waals surface area contributed by atoms with Crippen LogP contribution in [0.15, 0.2) is 12.2 Å². The highest BCUT2D eigenvalue weighted by atomic mass is 16.7. The van der Waals surface area contributed by atoms with Gasteiger partial charge in [-0.3, -0.25) is 9.59 Å². The lowest BCUT2D eigenvalue weighted by Crippen LogP contribution is -2.31. The summed E-state index contributed by atoms with van der Waals surface area (Å²) in [5.41, 5.74) is 0. The Balaban J connectivity index is 2.00. The largest absolute Gasteiger partial charge is 0.481 e. The molecule has 0 radical (unpaired) electrons. The van der Waals surface area contributed by atoms with E-state index in [0.717, 1.165) is 19.3 Å². The van der Waals surface area contributed by atoms with Crippen molar-refractivity contribution in [1.29, 1.82) is 0 Å². The molecule has 1 heterocycles. The Morgan fingerprint density at radius 3 is 2.76 bits per heavy atom. The smallest absolute Gasteiger partial charge is 0.305 e. The molecule has 0 amide bonds. The second-order valence-electron chi connectivity index (χ2n) is 6.58. The lowest BCUT2D eigenvalue weighted by Gasteiger charge is -2.28. The number of carboxylic acids is 1. The van der Waals surface area contributed by atoms with Crippen molar-refractivity contribution in [2.45, 2.75) is 63.9 Å². The molecule has 0 spiro atoms. The monoisotopic (exact) mass is 356 g/mol. The fourth-order valence-electron chi connectivity index (χ4n) is 3.46. The quantitative estimate of drug-likeness (QED) is 0.506. The summed E-state index contributed by atoms with van der Waals surface area (Å²) in [7, 11) is 0. The molecule has 2 N–H and O–H groups in total. The molecule has 2 rings (SSSR count). The normalized spacial score (nSPS) is 32.8. The van der Waals surface area contributed by atoms with Gasteiger partial charge in [-0.1, -0.05) is 19.1 Å². The van der Waals surface area contributed by atoms with Crippen LogP contribution in [0.5, 0.6) is 0 Å². The van der Waals surface area contributed by atoms with Crippen LogP contribution in [0.1, 0.15) is 45.4 Å². The number of hydrogen-bond acceptors (Lipinski definition) is 6. The Hall–Kier alpha value is -1.44. The van der Waals surface area contributed by atoms with Crippen LogP contribution in [0.4, 0.5) is 0 Å². The third-order valence-electron chi connectivity index (χ3n) is 4.75. The lowest BCUT2D eigenvalue weighted by molar-refractivity contribution is -0.193. The molecule has 5 atom stereocenters. The first-order chi connectivity index (χ1) is 12.0. The van der Waals surface area contributed by atoms with Crippen molar-refractivity contribution in [2.75, 3.05) is 13.2 Å². The summed E-state index contributed by atoms with van der Waals surface area (Å²) in [5, 5.41) is 19.4. The number of aliphatic hydroxyl groups is 1. The van der Waals surface area contributed by atoms with Crippen molar-refractivity contribution < 1.29 is 34.0 Å². The summed E-state index contributed by atoms with van der Waals surface area (Å²) < 4.78 is 16.6. The van der Waals surface area contributed by atoms with Crippen molar-refractivity contribution in [3.8, 4) is 0 Å². The third-order valence-corrected chi connectivity index (χ3v) is 4.75. The minimum atomic E-state index is -0.950. The van der Waals surface area contributed by atoms with E-state index in [0.29, 0.717) is 19.4 Å². The lowest BCUT2D eigenvalue weighted by atomic mass is 9.90. The Morgan fingerprint density at radius 2 is 2.12 bits per heavy atom. The maximum Gasteiger partial charge on any atom is 0.305 e. The molecule has 1 unspecified atom stereocenters. The van der Waals surface area contributed by atoms with Crippen molar-refractivity contribution >= 4 is 11.9 Å². The number of carbonyl (C=O) groups excluding carboxylic acids is 1. The molecule has 0 aromatic heterocycles. The van der Waals surface area contributed by atoms with Crippen LogP contribution in [-0.2, 0) is 23.8 Å². The number of carbonyl (C=O) groups is 2. The van der Waals surface area contributed by atoms with Gasteiger partial charge >= 0.3 is 11.9 Å². The van der Waals surface area contributed by atoms with E-state index in [4.69, 9.17) is 19.3 Å². The zero-order valence-corrected chi connectivity index (χ0v) is 14.6. The number of esters is 1. The van der Waals surface area contributed by atoms with Crippen molar-refractivity contribution in [2.24, 2.45) is 11.8 Å². The average Bonchev–Trinajstić information content (AvgIpc) is 2.87. The van der Waals surface area contributed by atoms with Gasteiger partial charge in [-0.2, -0.15) is 0 Å². The molecular formula is C18H28O7. The van der Waals surface area contributed by atoms with E-state index in [2.05, 4.69) is 0 Å². The van der Waals surface area contributed by atoms with Gasteiger partial charge < -0.3 is 24.4 Å². The minimum absolute atomic E-state index is 0.129. The molecule has 2 fully saturated rings. The number of rotatable bonds is 8. The van der Waals surface area contributed by atoms with Crippen molar-refractivity contribution in [3.63, 3.8) is 0 Å². The number of aliphatic carboxylic acids is 1. The zero-order chi connectivity index (χ0) is 18.2. The van der Waals surface area contributed by atoms with E-state index in [1.54, 1.807) is 19.1 Å². The number of ether oxygens (including phenoxy) is 3. The van der Waals surface area contributed by atoms with Crippen molar-refractivity contribution in [3.05, 3.63) is 12.2 Å². The molecule has 0 aromatic carbocycles. The van der Waals surface area contributed by atoms with Gasteiger partial charge in [0.15, 0.2) is 6.29 Å². The molecular weight excluding hydrogens is 328 g/mol. The third kappa shape index (κ3) is 6.09. The van der Waals surface area contributed by atoms with Crippen LogP contribution in [0.25, 0.3) is 0 Å². The van der Waals surface area contributed by atoms with Crippen molar-refractivity contribution in [1.82, 2.24) is 0 Å². The van der Waals surface area contributed by atoms with Gasteiger partial charge in [0.1, 0.15) is 6.61 Å². The predicted molar refractivity (Wildman–Crippen MR) is 88.7 cm³/mol. The Labute approximate surface area is 147 Å². The number of hydrogen-bond donors (Lipinski definition) is 2. The highest BCUT2D eigenvalue weighted by molar-refractivity contribution is 5.69. The summed E-state index contributed by atoms with van der Waals surface area (Å²) in [6.07, 6.45) is 5.57. The van der Waals surface area contributed by atoms with E-state index in [-0.39, 0.29) is 37.3 Å². The van der Waals surface area contributed by atoms with Crippen LogP contribution < -0.4 is 0 Å². The van der Waals surface area contributed by atoms with Crippen LogP contribution in [-0.4, -0.2) is 53.9 Å². The molecule has 1 aliphatic carbocycles. The Kier molecular flexibility index (Phi) is 7.87. The molecule has 0 bridgehead atoms. The van der Waals surface area contributed by atoms with Gasteiger partial charge in [0.2, 0.25) is 0 Å². The Bertz CT molecular complexity index is 470. The minimum Gasteiger partial charge on any atom is -0.481 e. The maximum absolute atomic E-state index is 11.2.